The number of carbonyl (C=O) groups is 3. The number of esters is 1. The number of carbonyl (C=O) groups excluding carboxylic acids is 3. The smallest absolute Gasteiger partial charge is 0.338 e. The van der Waals surface area contributed by atoms with Crippen LogP contribution in [0.25, 0.3) is 0 Å². The lowest BCUT2D eigenvalue weighted by Gasteiger charge is -2.64. The van der Waals surface area contributed by atoms with Crippen LogP contribution >= 0.6 is 0 Å². The minimum atomic E-state index is -0.330. The molecule has 0 unspecified atom stereocenters. The average Bonchev–Trinajstić information content (AvgIpc) is 3.27. The predicted octanol–water partition coefficient (Wildman–Crippen LogP) is 6.16. The van der Waals surface area contributed by atoms with Gasteiger partial charge < -0.3 is 14.2 Å². The summed E-state index contributed by atoms with van der Waals surface area (Å²) < 4.78 is 19.4. The third-order valence-electron chi connectivity index (χ3n) is 11.6. The number of rotatable bonds is 5. The van der Waals surface area contributed by atoms with E-state index < -0.39 is 0 Å². The second kappa shape index (κ2) is 10.4. The van der Waals surface area contributed by atoms with Crippen LogP contribution < -0.4 is 0 Å². The van der Waals surface area contributed by atoms with Crippen LogP contribution in [0.15, 0.2) is 30.3 Å². The lowest BCUT2D eigenvalue weighted by Crippen LogP contribution is -2.64. The lowest BCUT2D eigenvalue weighted by molar-refractivity contribution is -0.261. The molecule has 5 aliphatic rings. The Hall–Kier alpha value is -2.05. The number of hydrogen-bond donors (Lipinski definition) is 0. The molecule has 1 saturated heterocycles. The molecule has 10 atom stereocenters. The van der Waals surface area contributed by atoms with Gasteiger partial charge in [-0.05, 0) is 99.0 Å². The van der Waals surface area contributed by atoms with Crippen molar-refractivity contribution >= 4 is 17.5 Å². The molecule has 6 rings (SSSR count). The van der Waals surface area contributed by atoms with Gasteiger partial charge in [-0.25, -0.2) is 4.79 Å². The first kappa shape index (κ1) is 27.1. The molecule has 6 heteroatoms. The molecule has 1 heterocycles. The lowest BCUT2D eigenvalue weighted by atomic mass is 9.43. The Morgan fingerprint density at radius 2 is 1.79 bits per heavy atom. The summed E-state index contributed by atoms with van der Waals surface area (Å²) in [5, 5.41) is 0. The van der Waals surface area contributed by atoms with Gasteiger partial charge in [-0.2, -0.15) is 0 Å². The number of benzene rings is 1. The second-order valence-electron chi connectivity index (χ2n) is 13.6. The van der Waals surface area contributed by atoms with E-state index in [0.29, 0.717) is 36.5 Å². The highest BCUT2D eigenvalue weighted by molar-refractivity contribution is 5.89. The Bertz CT molecular complexity index is 1090. The molecule has 212 valence electrons. The maximum absolute atomic E-state index is 13.5. The predicted molar refractivity (Wildman–Crippen MR) is 146 cm³/mol. The molecule has 4 saturated carbocycles. The van der Waals surface area contributed by atoms with Gasteiger partial charge >= 0.3 is 5.97 Å². The van der Waals surface area contributed by atoms with E-state index in [0.717, 1.165) is 51.6 Å². The highest BCUT2D eigenvalue weighted by Gasteiger charge is 2.67. The minimum absolute atomic E-state index is 0.0357. The molecule has 5 fully saturated rings. The molecule has 0 radical (unpaired) electrons. The van der Waals surface area contributed by atoms with Crippen molar-refractivity contribution in [3.8, 4) is 0 Å². The van der Waals surface area contributed by atoms with E-state index in [1.165, 1.54) is 0 Å². The molecule has 0 aromatic heterocycles. The molecule has 39 heavy (non-hydrogen) atoms. The van der Waals surface area contributed by atoms with Crippen molar-refractivity contribution in [1.29, 1.82) is 0 Å². The zero-order valence-corrected chi connectivity index (χ0v) is 23.7. The van der Waals surface area contributed by atoms with Gasteiger partial charge in [0.05, 0.1) is 11.7 Å². The van der Waals surface area contributed by atoms with Crippen molar-refractivity contribution in [1.82, 2.24) is 0 Å². The normalized spacial score (nSPS) is 43.6. The molecule has 1 aromatic carbocycles. The summed E-state index contributed by atoms with van der Waals surface area (Å²) in [7, 11) is 0. The van der Waals surface area contributed by atoms with Gasteiger partial charge in [0.2, 0.25) is 0 Å². The van der Waals surface area contributed by atoms with Crippen LogP contribution in [-0.2, 0) is 23.8 Å². The van der Waals surface area contributed by atoms with Gasteiger partial charge in [-0.15, -0.1) is 0 Å². The summed E-state index contributed by atoms with van der Waals surface area (Å²) in [6, 6.07) is 9.23. The Balaban J connectivity index is 1.42. The first-order valence-electron chi connectivity index (χ1n) is 15.3. The number of hydrogen-bond acceptors (Lipinski definition) is 6. The molecule has 1 aliphatic heterocycles. The van der Waals surface area contributed by atoms with Gasteiger partial charge in [0.15, 0.2) is 6.29 Å². The van der Waals surface area contributed by atoms with E-state index in [4.69, 9.17) is 14.2 Å². The van der Waals surface area contributed by atoms with Crippen LogP contribution in [0.3, 0.4) is 0 Å². The van der Waals surface area contributed by atoms with Crippen molar-refractivity contribution in [2.24, 2.45) is 40.4 Å². The minimum Gasteiger partial charge on any atom is -0.458 e. The Labute approximate surface area is 232 Å². The fourth-order valence-electron chi connectivity index (χ4n) is 9.78. The monoisotopic (exact) mass is 536 g/mol. The molecule has 0 bridgehead atoms. The van der Waals surface area contributed by atoms with E-state index in [1.54, 1.807) is 19.1 Å². The molecular weight excluding hydrogens is 492 g/mol. The first-order chi connectivity index (χ1) is 18.7. The van der Waals surface area contributed by atoms with E-state index >= 15 is 0 Å². The molecule has 0 N–H and O–H groups in total. The van der Waals surface area contributed by atoms with Crippen LogP contribution in [-0.4, -0.2) is 42.6 Å². The number of fused-ring (bicyclic) bond motifs is 5. The van der Waals surface area contributed by atoms with Crippen LogP contribution in [0.4, 0.5) is 0 Å². The van der Waals surface area contributed by atoms with Gasteiger partial charge in [-0.1, -0.05) is 32.0 Å². The maximum Gasteiger partial charge on any atom is 0.338 e. The fourth-order valence-corrected chi connectivity index (χ4v) is 9.78. The SMILES string of the molecule is CC(=O)[C@H]1CC[C@H]2[C@H]3[C@H]([C@H](OC(=O)c4ccccc4)C[C@]12C)[C@@]1(C)CCC(=O)C[C@H]1C[C@H]3O[C@@H]1CCCCO1. The van der Waals surface area contributed by atoms with Gasteiger partial charge in [0.1, 0.15) is 17.7 Å². The first-order valence-corrected chi connectivity index (χ1v) is 15.3. The molecule has 6 nitrogen and oxygen atoms in total. The van der Waals surface area contributed by atoms with Gasteiger partial charge in [0, 0.05) is 31.3 Å². The van der Waals surface area contributed by atoms with E-state index in [1.807, 2.05) is 18.2 Å². The van der Waals surface area contributed by atoms with Crippen molar-refractivity contribution < 1.29 is 28.6 Å². The van der Waals surface area contributed by atoms with Crippen LogP contribution in [0.2, 0.25) is 0 Å². The molecule has 4 aliphatic carbocycles. The highest BCUT2D eigenvalue weighted by atomic mass is 16.7. The van der Waals surface area contributed by atoms with E-state index in [9.17, 15) is 14.4 Å². The third-order valence-corrected chi connectivity index (χ3v) is 11.6. The Morgan fingerprint density at radius 3 is 2.51 bits per heavy atom. The van der Waals surface area contributed by atoms with Gasteiger partial charge in [0.25, 0.3) is 0 Å². The van der Waals surface area contributed by atoms with E-state index in [-0.39, 0.29) is 64.8 Å². The van der Waals surface area contributed by atoms with Crippen LogP contribution in [0.1, 0.15) is 95.3 Å². The summed E-state index contributed by atoms with van der Waals surface area (Å²) in [5.41, 5.74) is 0.177. The molecule has 0 amide bonds. The van der Waals surface area contributed by atoms with Crippen molar-refractivity contribution in [2.45, 2.75) is 103 Å². The van der Waals surface area contributed by atoms with E-state index in [2.05, 4.69) is 13.8 Å². The fraction of sp³-hybridized carbons (Fsp3) is 0.727. The zero-order valence-electron chi connectivity index (χ0n) is 23.7. The van der Waals surface area contributed by atoms with Crippen molar-refractivity contribution in [2.75, 3.05) is 6.61 Å². The molecular formula is C33H44O6. The maximum atomic E-state index is 13.5. The topological polar surface area (TPSA) is 78.9 Å². The number of Topliss-reactive ketones (excluding diaryl/α,β-unsaturated/α-hetero) is 2. The summed E-state index contributed by atoms with van der Waals surface area (Å²) in [6.07, 6.45) is 7.78. The Morgan fingerprint density at radius 1 is 1.00 bits per heavy atom. The average molecular weight is 537 g/mol. The number of ether oxygens (including phenoxy) is 3. The van der Waals surface area contributed by atoms with Crippen molar-refractivity contribution in [3.05, 3.63) is 35.9 Å². The summed E-state index contributed by atoms with van der Waals surface area (Å²) in [5.74, 6) is 0.974. The summed E-state index contributed by atoms with van der Waals surface area (Å²) in [6.45, 7) is 7.06. The second-order valence-corrected chi connectivity index (χ2v) is 13.6. The van der Waals surface area contributed by atoms with Crippen molar-refractivity contribution in [3.63, 3.8) is 0 Å². The van der Waals surface area contributed by atoms with Gasteiger partial charge in [-0.3, -0.25) is 9.59 Å². The van der Waals surface area contributed by atoms with Crippen LogP contribution in [0, 0.1) is 40.4 Å². The summed E-state index contributed by atoms with van der Waals surface area (Å²) in [4.78, 5) is 39.2. The standard InChI is InChI=1S/C33H44O6/c1-20(34)24-12-13-25-29-26(38-28-11-7-8-16-37-28)18-22-17-23(35)14-15-32(22,2)30(29)27(19-33(24,25)3)39-31(36)21-9-5-4-6-10-21/h4-6,9-10,22,24-30H,7-8,11-19H2,1-3H3/t22-,24+,25-,26+,27+,28+,29+,30-,32-,33+/m0/s1. The zero-order chi connectivity index (χ0) is 27.4. The molecule has 0 spiro atoms. The highest BCUT2D eigenvalue weighted by Crippen LogP contribution is 2.68. The third kappa shape index (κ3) is 4.69. The Kier molecular flexibility index (Phi) is 7.24. The number of ketones is 2. The molecule has 1 aromatic rings. The largest absolute Gasteiger partial charge is 0.458 e. The van der Waals surface area contributed by atoms with Crippen LogP contribution in [0.5, 0.6) is 0 Å². The summed E-state index contributed by atoms with van der Waals surface area (Å²) >= 11 is 0. The quantitative estimate of drug-likeness (QED) is 0.331.